The Balaban J connectivity index is 2.49. The molecule has 3 heteroatoms. The minimum absolute atomic E-state index is 0.414. The summed E-state index contributed by atoms with van der Waals surface area (Å²) in [5.74, 6) is 0.728. The molecule has 0 radical (unpaired) electrons. The fourth-order valence-electron chi connectivity index (χ4n) is 1.97. The van der Waals surface area contributed by atoms with Crippen LogP contribution >= 0.6 is 11.6 Å². The smallest absolute Gasteiger partial charge is 0.133 e. The predicted octanol–water partition coefficient (Wildman–Crippen LogP) is 4.41. The molecule has 0 amide bonds. The average Bonchev–Trinajstić information content (AvgIpc) is 2.43. The highest BCUT2D eigenvalue weighted by molar-refractivity contribution is 6.25. The summed E-state index contributed by atoms with van der Waals surface area (Å²) < 4.78 is 5.85. The summed E-state index contributed by atoms with van der Waals surface area (Å²) in [5, 5.41) is 12.0. The number of hydrogen-bond acceptors (Lipinski definition) is 2. The van der Waals surface area contributed by atoms with E-state index in [1.54, 1.807) is 6.92 Å². The third-order valence-electron chi connectivity index (χ3n) is 2.99. The Morgan fingerprint density at radius 3 is 2.74 bits per heavy atom. The lowest BCUT2D eigenvalue weighted by atomic mass is 10.0. The fraction of sp³-hybridized carbons (Fsp3) is 0.250. The summed E-state index contributed by atoms with van der Waals surface area (Å²) in [5.41, 5.74) is 3.24. The lowest BCUT2D eigenvalue weighted by Gasteiger charge is -2.16. The summed E-state index contributed by atoms with van der Waals surface area (Å²) in [6, 6.07) is 11.9. The maximum Gasteiger partial charge on any atom is 0.133 e. The second-order valence-corrected chi connectivity index (χ2v) is 4.84. The first-order valence-corrected chi connectivity index (χ1v) is 6.65. The number of fused-ring (bicyclic) bond motifs is 1. The van der Waals surface area contributed by atoms with E-state index < -0.39 is 6.10 Å². The average molecular weight is 277 g/mol. The fourth-order valence-corrected chi connectivity index (χ4v) is 2.03. The molecule has 0 bridgehead atoms. The van der Waals surface area contributed by atoms with Gasteiger partial charge in [-0.3, -0.25) is 0 Å². The van der Waals surface area contributed by atoms with Crippen LogP contribution in [0.1, 0.15) is 25.5 Å². The summed E-state index contributed by atoms with van der Waals surface area (Å²) in [6.45, 7) is 4.05. The van der Waals surface area contributed by atoms with Crippen molar-refractivity contribution in [3.63, 3.8) is 0 Å². The minimum Gasteiger partial charge on any atom is -0.488 e. The van der Waals surface area contributed by atoms with Crippen LogP contribution in [0.25, 0.3) is 10.8 Å². The summed E-state index contributed by atoms with van der Waals surface area (Å²) >= 11 is 5.65. The summed E-state index contributed by atoms with van der Waals surface area (Å²) in [4.78, 5) is 0. The molecule has 1 atom stereocenters. The van der Waals surface area contributed by atoms with Gasteiger partial charge in [0.1, 0.15) is 12.4 Å². The van der Waals surface area contributed by atoms with E-state index in [4.69, 9.17) is 16.3 Å². The van der Waals surface area contributed by atoms with Crippen molar-refractivity contribution in [3.8, 4) is 5.75 Å². The van der Waals surface area contributed by atoms with Gasteiger partial charge in [-0.1, -0.05) is 48.0 Å². The Hall–Kier alpha value is -1.51. The number of rotatable bonds is 4. The number of aliphatic hydroxyl groups excluding tert-OH is 1. The summed E-state index contributed by atoms with van der Waals surface area (Å²) in [7, 11) is 0. The van der Waals surface area contributed by atoms with Gasteiger partial charge in [0.2, 0.25) is 0 Å². The molecule has 0 saturated heterocycles. The SMILES string of the molecule is C/C(=C\Cl)COc1c([C@@H](C)O)ccc2ccccc12. The first-order valence-electron chi connectivity index (χ1n) is 6.22. The van der Waals surface area contributed by atoms with Crippen LogP contribution in [0.15, 0.2) is 47.5 Å². The van der Waals surface area contributed by atoms with Crippen molar-refractivity contribution in [2.24, 2.45) is 0 Å². The Bertz CT molecular complexity index is 603. The van der Waals surface area contributed by atoms with Gasteiger partial charge in [-0.15, -0.1) is 0 Å². The van der Waals surface area contributed by atoms with Gasteiger partial charge in [0, 0.05) is 16.5 Å². The maximum atomic E-state index is 9.87. The molecular formula is C16H17ClO2. The van der Waals surface area contributed by atoms with Crippen molar-refractivity contribution in [3.05, 3.63) is 53.1 Å². The third kappa shape index (κ3) is 3.09. The highest BCUT2D eigenvalue weighted by Crippen LogP contribution is 2.33. The standard InChI is InChI=1S/C16H17ClO2/c1-11(9-17)10-19-16-14(12(2)18)8-7-13-5-3-4-6-15(13)16/h3-9,12,18H,10H2,1-2H3/b11-9+/t12-/m1/s1. The molecule has 1 N–H and O–H groups in total. The molecule has 0 unspecified atom stereocenters. The number of hydrogen-bond donors (Lipinski definition) is 1. The van der Waals surface area contributed by atoms with Crippen LogP contribution < -0.4 is 4.74 Å². The summed E-state index contributed by atoms with van der Waals surface area (Å²) in [6.07, 6.45) is -0.570. The van der Waals surface area contributed by atoms with Crippen molar-refractivity contribution >= 4 is 22.4 Å². The van der Waals surface area contributed by atoms with Crippen LogP contribution in [0.2, 0.25) is 0 Å². The largest absolute Gasteiger partial charge is 0.488 e. The number of ether oxygens (including phenoxy) is 1. The van der Waals surface area contributed by atoms with Crippen molar-refractivity contribution in [1.82, 2.24) is 0 Å². The Kier molecular flexibility index (Phi) is 4.46. The number of halogens is 1. The van der Waals surface area contributed by atoms with E-state index >= 15 is 0 Å². The minimum atomic E-state index is -0.570. The van der Waals surface area contributed by atoms with E-state index in [9.17, 15) is 5.11 Å². The third-order valence-corrected chi connectivity index (χ3v) is 3.36. The molecule has 0 saturated carbocycles. The van der Waals surface area contributed by atoms with Gasteiger partial charge in [0.25, 0.3) is 0 Å². The van der Waals surface area contributed by atoms with Crippen LogP contribution in [0.5, 0.6) is 5.75 Å². The van der Waals surface area contributed by atoms with Gasteiger partial charge >= 0.3 is 0 Å². The molecule has 19 heavy (non-hydrogen) atoms. The monoisotopic (exact) mass is 276 g/mol. The lowest BCUT2D eigenvalue weighted by molar-refractivity contribution is 0.193. The molecule has 2 aromatic rings. The van der Waals surface area contributed by atoms with E-state index in [0.717, 1.165) is 27.7 Å². The molecule has 0 aliphatic carbocycles. The molecule has 2 aromatic carbocycles. The maximum absolute atomic E-state index is 9.87. The van der Waals surface area contributed by atoms with Crippen molar-refractivity contribution in [1.29, 1.82) is 0 Å². The predicted molar refractivity (Wildman–Crippen MR) is 79.7 cm³/mol. The Morgan fingerprint density at radius 1 is 1.32 bits per heavy atom. The van der Waals surface area contributed by atoms with E-state index in [1.807, 2.05) is 43.3 Å². The molecule has 100 valence electrons. The van der Waals surface area contributed by atoms with Gasteiger partial charge in [0.05, 0.1) is 6.10 Å². The zero-order valence-corrected chi connectivity index (χ0v) is 11.8. The van der Waals surface area contributed by atoms with Crippen LogP contribution in [-0.4, -0.2) is 11.7 Å². The first kappa shape index (κ1) is 13.9. The quantitative estimate of drug-likeness (QED) is 0.896. The zero-order valence-electron chi connectivity index (χ0n) is 11.1. The highest BCUT2D eigenvalue weighted by Gasteiger charge is 2.13. The molecule has 0 spiro atoms. The molecule has 2 nitrogen and oxygen atoms in total. The molecule has 0 aliphatic heterocycles. The van der Waals surface area contributed by atoms with Crippen molar-refractivity contribution in [2.75, 3.05) is 6.61 Å². The van der Waals surface area contributed by atoms with E-state index in [0.29, 0.717) is 6.61 Å². The van der Waals surface area contributed by atoms with E-state index in [1.165, 1.54) is 5.54 Å². The van der Waals surface area contributed by atoms with E-state index in [2.05, 4.69) is 0 Å². The molecule has 0 heterocycles. The first-order chi connectivity index (χ1) is 9.13. The molecule has 0 aliphatic rings. The van der Waals surface area contributed by atoms with Crippen LogP contribution in [-0.2, 0) is 0 Å². The second-order valence-electron chi connectivity index (χ2n) is 4.63. The number of benzene rings is 2. The van der Waals surface area contributed by atoms with Gasteiger partial charge in [-0.2, -0.15) is 0 Å². The lowest BCUT2D eigenvalue weighted by Crippen LogP contribution is -2.03. The molecule has 0 aromatic heterocycles. The van der Waals surface area contributed by atoms with Gasteiger partial charge in [0.15, 0.2) is 0 Å². The van der Waals surface area contributed by atoms with Gasteiger partial charge < -0.3 is 9.84 Å². The van der Waals surface area contributed by atoms with Crippen LogP contribution in [0.4, 0.5) is 0 Å². The molecule has 0 fully saturated rings. The second kappa shape index (κ2) is 6.09. The topological polar surface area (TPSA) is 29.5 Å². The van der Waals surface area contributed by atoms with Crippen LogP contribution in [0.3, 0.4) is 0 Å². The van der Waals surface area contributed by atoms with Gasteiger partial charge in [-0.25, -0.2) is 0 Å². The van der Waals surface area contributed by atoms with Crippen molar-refractivity contribution in [2.45, 2.75) is 20.0 Å². The highest BCUT2D eigenvalue weighted by atomic mass is 35.5. The number of aliphatic hydroxyl groups is 1. The normalized spacial score (nSPS) is 13.6. The van der Waals surface area contributed by atoms with Crippen molar-refractivity contribution < 1.29 is 9.84 Å². The Morgan fingerprint density at radius 2 is 2.05 bits per heavy atom. The zero-order chi connectivity index (χ0) is 13.8. The van der Waals surface area contributed by atoms with E-state index in [-0.39, 0.29) is 0 Å². The van der Waals surface area contributed by atoms with Gasteiger partial charge in [-0.05, 0) is 24.8 Å². The molecule has 2 rings (SSSR count). The Labute approximate surface area is 118 Å². The molecular weight excluding hydrogens is 260 g/mol. The van der Waals surface area contributed by atoms with Crippen LogP contribution in [0, 0.1) is 0 Å².